The lowest BCUT2D eigenvalue weighted by molar-refractivity contribution is 0.0923. The molecule has 1 aliphatic carbocycles. The average Bonchev–Trinajstić information content (AvgIpc) is 2.81. The Labute approximate surface area is 134 Å². The van der Waals surface area contributed by atoms with E-state index in [-0.39, 0.29) is 16.8 Å². The monoisotopic (exact) mass is 349 g/mol. The van der Waals surface area contributed by atoms with Crippen LogP contribution in [-0.2, 0) is 9.05 Å². The molecule has 0 spiro atoms. The van der Waals surface area contributed by atoms with Crippen molar-refractivity contribution >= 4 is 37.0 Å². The number of amides is 1. The van der Waals surface area contributed by atoms with Crippen molar-refractivity contribution in [1.29, 1.82) is 0 Å². The van der Waals surface area contributed by atoms with Crippen LogP contribution in [0.15, 0.2) is 11.0 Å². The molecule has 2 unspecified atom stereocenters. The van der Waals surface area contributed by atoms with Crippen LogP contribution in [0.5, 0.6) is 0 Å². The molecule has 1 N–H and O–H groups in total. The molecule has 1 aliphatic rings. The van der Waals surface area contributed by atoms with E-state index < -0.39 is 9.05 Å². The molecular formula is C14H20ClNO3S2. The maximum absolute atomic E-state index is 12.3. The molecule has 1 amide bonds. The molecule has 1 aromatic heterocycles. The number of carbonyl (C=O) groups excluding carboxylic acids is 1. The van der Waals surface area contributed by atoms with E-state index in [4.69, 9.17) is 10.7 Å². The van der Waals surface area contributed by atoms with Gasteiger partial charge in [-0.05, 0) is 31.7 Å². The lowest BCUT2D eigenvalue weighted by Gasteiger charge is -2.28. The molecule has 0 saturated heterocycles. The highest BCUT2D eigenvalue weighted by Crippen LogP contribution is 2.30. The van der Waals surface area contributed by atoms with Gasteiger partial charge in [-0.25, -0.2) is 8.42 Å². The van der Waals surface area contributed by atoms with Crippen molar-refractivity contribution < 1.29 is 13.2 Å². The van der Waals surface area contributed by atoms with Gasteiger partial charge in [-0.2, -0.15) is 0 Å². The highest BCUT2D eigenvalue weighted by molar-refractivity contribution is 8.13. The van der Waals surface area contributed by atoms with Crippen LogP contribution in [-0.4, -0.2) is 20.4 Å². The maximum atomic E-state index is 12.3. The van der Waals surface area contributed by atoms with Gasteiger partial charge in [-0.3, -0.25) is 4.79 Å². The van der Waals surface area contributed by atoms with Gasteiger partial charge in [0.2, 0.25) is 0 Å². The second kappa shape index (κ2) is 6.67. The first-order chi connectivity index (χ1) is 9.81. The minimum Gasteiger partial charge on any atom is -0.349 e. The molecular weight excluding hydrogens is 330 g/mol. The van der Waals surface area contributed by atoms with Crippen molar-refractivity contribution in [3.63, 3.8) is 0 Å². The number of nitrogens with one attached hydrogen (secondary N) is 1. The zero-order valence-electron chi connectivity index (χ0n) is 12.2. The van der Waals surface area contributed by atoms with Crippen LogP contribution < -0.4 is 5.32 Å². The summed E-state index contributed by atoms with van der Waals surface area (Å²) in [5.41, 5.74) is 0. The second-order valence-corrected chi connectivity index (χ2v) is 9.37. The Balaban J connectivity index is 2.07. The lowest BCUT2D eigenvalue weighted by atomic mass is 9.84. The van der Waals surface area contributed by atoms with E-state index in [1.54, 1.807) is 6.92 Å². The largest absolute Gasteiger partial charge is 0.349 e. The third-order valence-electron chi connectivity index (χ3n) is 4.05. The quantitative estimate of drug-likeness (QED) is 0.843. The van der Waals surface area contributed by atoms with Gasteiger partial charge in [0, 0.05) is 21.6 Å². The van der Waals surface area contributed by atoms with Crippen molar-refractivity contribution in [1.82, 2.24) is 5.32 Å². The summed E-state index contributed by atoms with van der Waals surface area (Å²) in [5, 5.41) is 3.03. The first-order valence-electron chi connectivity index (χ1n) is 7.17. The van der Waals surface area contributed by atoms with Gasteiger partial charge in [0.1, 0.15) is 0 Å². The first kappa shape index (κ1) is 16.8. The van der Waals surface area contributed by atoms with E-state index >= 15 is 0 Å². The Hall–Kier alpha value is -0.590. The molecule has 2 atom stereocenters. The van der Waals surface area contributed by atoms with E-state index in [0.29, 0.717) is 15.7 Å². The fourth-order valence-electron chi connectivity index (χ4n) is 2.87. The van der Waals surface area contributed by atoms with Gasteiger partial charge in [0.15, 0.2) is 0 Å². The Morgan fingerprint density at radius 3 is 2.76 bits per heavy atom. The van der Waals surface area contributed by atoms with Crippen LogP contribution in [0.3, 0.4) is 0 Å². The average molecular weight is 350 g/mol. The Morgan fingerprint density at radius 1 is 1.48 bits per heavy atom. The maximum Gasteiger partial charge on any atom is 0.262 e. The van der Waals surface area contributed by atoms with E-state index in [9.17, 15) is 13.2 Å². The lowest BCUT2D eigenvalue weighted by Crippen LogP contribution is -2.38. The molecule has 0 aliphatic heterocycles. The number of aryl methyl sites for hydroxylation is 1. The second-order valence-electron chi connectivity index (χ2n) is 5.58. The standard InChI is InChI=1S/C14H20ClNO3S2/c1-3-10-5-4-6-11(7-10)16-14(17)12-8-13(9(2)20-12)21(15,18)19/h8,10-11H,3-7H2,1-2H3,(H,16,17). The number of thiophene rings is 1. The van der Waals surface area contributed by atoms with E-state index in [0.717, 1.165) is 25.7 Å². The molecule has 2 rings (SSSR count). The summed E-state index contributed by atoms with van der Waals surface area (Å²) in [6.45, 7) is 3.83. The third-order valence-corrected chi connectivity index (χ3v) is 6.68. The highest BCUT2D eigenvalue weighted by Gasteiger charge is 2.25. The number of hydrogen-bond acceptors (Lipinski definition) is 4. The van der Waals surface area contributed by atoms with Crippen molar-refractivity contribution in [3.05, 3.63) is 15.8 Å². The zero-order valence-corrected chi connectivity index (χ0v) is 14.6. The smallest absolute Gasteiger partial charge is 0.262 e. The molecule has 7 heteroatoms. The molecule has 0 radical (unpaired) electrons. The Morgan fingerprint density at radius 2 is 2.19 bits per heavy atom. The Kier molecular flexibility index (Phi) is 5.33. The summed E-state index contributed by atoms with van der Waals surface area (Å²) >= 11 is 1.17. The van der Waals surface area contributed by atoms with Gasteiger partial charge in [-0.1, -0.05) is 26.2 Å². The number of carbonyl (C=O) groups is 1. The van der Waals surface area contributed by atoms with Crippen LogP contribution in [0, 0.1) is 12.8 Å². The molecule has 4 nitrogen and oxygen atoms in total. The normalized spacial score (nSPS) is 23.0. The third kappa shape index (κ3) is 4.20. The topological polar surface area (TPSA) is 63.2 Å². The van der Waals surface area contributed by atoms with E-state index in [1.807, 2.05) is 0 Å². The zero-order chi connectivity index (χ0) is 15.6. The van der Waals surface area contributed by atoms with Crippen LogP contribution in [0.4, 0.5) is 0 Å². The molecule has 1 fully saturated rings. The summed E-state index contributed by atoms with van der Waals surface area (Å²) in [6.07, 6.45) is 5.50. The predicted molar refractivity (Wildman–Crippen MR) is 85.6 cm³/mol. The first-order valence-corrected chi connectivity index (χ1v) is 10.3. The van der Waals surface area contributed by atoms with Gasteiger partial charge < -0.3 is 5.32 Å². The summed E-state index contributed by atoms with van der Waals surface area (Å²) in [4.78, 5) is 13.3. The number of halogens is 1. The molecule has 0 aromatic carbocycles. The van der Waals surface area contributed by atoms with Crippen LogP contribution in [0.1, 0.15) is 53.6 Å². The molecule has 0 bridgehead atoms. The summed E-state index contributed by atoms with van der Waals surface area (Å²) < 4.78 is 22.8. The van der Waals surface area contributed by atoms with Gasteiger partial charge in [0.25, 0.3) is 15.0 Å². The van der Waals surface area contributed by atoms with Crippen LogP contribution in [0.25, 0.3) is 0 Å². The predicted octanol–water partition coefficient (Wildman–Crippen LogP) is 3.68. The van der Waals surface area contributed by atoms with Crippen molar-refractivity contribution in [2.45, 2.75) is 56.9 Å². The van der Waals surface area contributed by atoms with Crippen molar-refractivity contribution in [2.75, 3.05) is 0 Å². The van der Waals surface area contributed by atoms with Gasteiger partial charge in [-0.15, -0.1) is 11.3 Å². The minimum absolute atomic E-state index is 0.0365. The fraction of sp³-hybridized carbons (Fsp3) is 0.643. The van der Waals surface area contributed by atoms with E-state index in [2.05, 4.69) is 12.2 Å². The molecule has 21 heavy (non-hydrogen) atoms. The highest BCUT2D eigenvalue weighted by atomic mass is 35.7. The van der Waals surface area contributed by atoms with Crippen LogP contribution >= 0.6 is 22.0 Å². The molecule has 1 heterocycles. The van der Waals surface area contributed by atoms with Gasteiger partial charge in [0.05, 0.1) is 9.77 Å². The molecule has 1 saturated carbocycles. The minimum atomic E-state index is -3.79. The summed E-state index contributed by atoms with van der Waals surface area (Å²) in [6, 6.07) is 1.56. The molecule has 1 aromatic rings. The number of rotatable bonds is 4. The van der Waals surface area contributed by atoms with Crippen LogP contribution in [0.2, 0.25) is 0 Å². The SMILES string of the molecule is CCC1CCCC(NC(=O)c2cc(S(=O)(=O)Cl)c(C)s2)C1. The van der Waals surface area contributed by atoms with Gasteiger partial charge >= 0.3 is 0 Å². The van der Waals surface area contributed by atoms with Crippen molar-refractivity contribution in [3.8, 4) is 0 Å². The summed E-state index contributed by atoms with van der Waals surface area (Å²) in [5.74, 6) is 0.476. The fourth-order valence-corrected chi connectivity index (χ4v) is 5.44. The molecule has 118 valence electrons. The number of hydrogen-bond donors (Lipinski definition) is 1. The summed E-state index contributed by atoms with van der Waals surface area (Å²) in [7, 11) is 1.57. The van der Waals surface area contributed by atoms with Crippen molar-refractivity contribution in [2.24, 2.45) is 5.92 Å². The Bertz CT molecular complexity index is 624. The van der Waals surface area contributed by atoms with E-state index in [1.165, 1.54) is 23.8 Å².